The van der Waals surface area contributed by atoms with Crippen LogP contribution in [0.15, 0.2) is 0 Å². The van der Waals surface area contributed by atoms with Gasteiger partial charge >= 0.3 is 5.97 Å². The summed E-state index contributed by atoms with van der Waals surface area (Å²) in [7, 11) is 0. The molecule has 1 saturated heterocycles. The number of unbranched alkanes of at least 4 members (excludes halogenated alkanes) is 2. The molecule has 0 aromatic rings. The van der Waals surface area contributed by atoms with E-state index in [4.69, 9.17) is 5.11 Å². The van der Waals surface area contributed by atoms with E-state index >= 15 is 0 Å². The summed E-state index contributed by atoms with van der Waals surface area (Å²) in [6.45, 7) is 8.15. The average Bonchev–Trinajstić information content (AvgIpc) is 2.43. The second-order valence-corrected chi connectivity index (χ2v) is 5.76. The number of carboxylic acids is 1. The predicted molar refractivity (Wildman–Crippen MR) is 77.6 cm³/mol. The minimum absolute atomic E-state index is 0.0534. The third-order valence-electron chi connectivity index (χ3n) is 3.82. The molecule has 1 aliphatic rings. The van der Waals surface area contributed by atoms with Crippen LogP contribution in [0.25, 0.3) is 0 Å². The molecule has 0 aromatic heterocycles. The number of carboxylic acid groups (broad SMARTS) is 1. The number of carbonyl (C=O) groups excluding carboxylic acids is 1. The molecule has 0 bridgehead atoms. The largest absolute Gasteiger partial charge is 0.481 e. The summed E-state index contributed by atoms with van der Waals surface area (Å²) >= 11 is 0. The summed E-state index contributed by atoms with van der Waals surface area (Å²) in [5, 5.41) is 14.8. The number of nitrogens with zero attached hydrogens (tertiary/aromatic N) is 1. The zero-order valence-electron chi connectivity index (χ0n) is 12.6. The van der Waals surface area contributed by atoms with Gasteiger partial charge in [-0.15, -0.1) is 0 Å². The van der Waals surface area contributed by atoms with Gasteiger partial charge in [0.1, 0.15) is 0 Å². The first-order valence-electron chi connectivity index (χ1n) is 7.40. The molecule has 0 saturated carbocycles. The first kappa shape index (κ1) is 16.9. The van der Waals surface area contributed by atoms with Crippen molar-refractivity contribution in [2.45, 2.75) is 45.1 Å². The van der Waals surface area contributed by atoms with Gasteiger partial charge in [-0.05, 0) is 26.7 Å². The van der Waals surface area contributed by atoms with E-state index in [1.807, 2.05) is 13.8 Å². The van der Waals surface area contributed by atoms with E-state index in [-0.39, 0.29) is 12.3 Å². The van der Waals surface area contributed by atoms with Gasteiger partial charge in [-0.1, -0.05) is 6.42 Å². The molecular weight excluding hydrogens is 258 g/mol. The molecule has 1 fully saturated rings. The molecule has 0 spiro atoms. The van der Waals surface area contributed by atoms with Gasteiger partial charge in [0, 0.05) is 39.1 Å². The lowest BCUT2D eigenvalue weighted by molar-refractivity contribution is -0.137. The molecule has 0 radical (unpaired) electrons. The second-order valence-electron chi connectivity index (χ2n) is 5.76. The van der Waals surface area contributed by atoms with Crippen LogP contribution in [0, 0.1) is 0 Å². The van der Waals surface area contributed by atoms with Crippen LogP contribution in [0.3, 0.4) is 0 Å². The second kappa shape index (κ2) is 8.21. The van der Waals surface area contributed by atoms with Crippen molar-refractivity contribution in [2.75, 3.05) is 32.7 Å². The SMILES string of the molecule is CC(C)(C(=O)NCCCCCC(=O)O)N1CCNCC1. The van der Waals surface area contributed by atoms with Gasteiger partial charge in [-0.25, -0.2) is 0 Å². The summed E-state index contributed by atoms with van der Waals surface area (Å²) in [5.74, 6) is -0.702. The van der Waals surface area contributed by atoms with E-state index in [0.29, 0.717) is 13.0 Å². The summed E-state index contributed by atoms with van der Waals surface area (Å²) < 4.78 is 0. The lowest BCUT2D eigenvalue weighted by Gasteiger charge is -2.39. The highest BCUT2D eigenvalue weighted by Gasteiger charge is 2.34. The van der Waals surface area contributed by atoms with Crippen LogP contribution in [0.1, 0.15) is 39.5 Å². The lowest BCUT2D eigenvalue weighted by Crippen LogP contribution is -2.60. The molecule has 1 amide bonds. The number of hydrogen-bond donors (Lipinski definition) is 3. The van der Waals surface area contributed by atoms with Gasteiger partial charge in [0.05, 0.1) is 5.54 Å². The van der Waals surface area contributed by atoms with Crippen molar-refractivity contribution in [3.05, 3.63) is 0 Å². The molecule has 0 unspecified atom stereocenters. The fourth-order valence-electron chi connectivity index (χ4n) is 2.36. The van der Waals surface area contributed by atoms with Crippen molar-refractivity contribution in [1.29, 1.82) is 0 Å². The number of amides is 1. The Morgan fingerprint density at radius 2 is 1.85 bits per heavy atom. The molecule has 116 valence electrons. The van der Waals surface area contributed by atoms with Crippen LogP contribution in [0.2, 0.25) is 0 Å². The predicted octanol–water partition coefficient (Wildman–Crippen LogP) is 0.431. The molecule has 20 heavy (non-hydrogen) atoms. The van der Waals surface area contributed by atoms with E-state index in [0.717, 1.165) is 39.0 Å². The number of carbonyl (C=O) groups is 2. The maximum absolute atomic E-state index is 12.2. The van der Waals surface area contributed by atoms with Crippen molar-refractivity contribution in [3.63, 3.8) is 0 Å². The van der Waals surface area contributed by atoms with Crippen LogP contribution in [-0.2, 0) is 9.59 Å². The van der Waals surface area contributed by atoms with Gasteiger partial charge in [0.25, 0.3) is 0 Å². The molecule has 6 nitrogen and oxygen atoms in total. The number of hydrogen-bond acceptors (Lipinski definition) is 4. The van der Waals surface area contributed by atoms with E-state index < -0.39 is 11.5 Å². The Labute approximate surface area is 120 Å². The lowest BCUT2D eigenvalue weighted by atomic mass is 10.0. The molecule has 0 aliphatic carbocycles. The summed E-state index contributed by atoms with van der Waals surface area (Å²) in [6.07, 6.45) is 2.55. The minimum atomic E-state index is -0.756. The minimum Gasteiger partial charge on any atom is -0.481 e. The van der Waals surface area contributed by atoms with E-state index in [1.165, 1.54) is 0 Å². The highest BCUT2D eigenvalue weighted by atomic mass is 16.4. The Morgan fingerprint density at radius 1 is 1.20 bits per heavy atom. The maximum atomic E-state index is 12.2. The monoisotopic (exact) mass is 285 g/mol. The Balaban J connectivity index is 2.21. The topological polar surface area (TPSA) is 81.7 Å². The normalized spacial score (nSPS) is 16.9. The van der Waals surface area contributed by atoms with Gasteiger partial charge in [0.2, 0.25) is 5.91 Å². The quantitative estimate of drug-likeness (QED) is 0.564. The summed E-state index contributed by atoms with van der Waals surface area (Å²) in [4.78, 5) is 24.8. The summed E-state index contributed by atoms with van der Waals surface area (Å²) in [6, 6.07) is 0. The number of nitrogens with one attached hydrogen (secondary N) is 2. The van der Waals surface area contributed by atoms with Gasteiger partial charge in [-0.2, -0.15) is 0 Å². The van der Waals surface area contributed by atoms with E-state index in [1.54, 1.807) is 0 Å². The first-order chi connectivity index (χ1) is 9.44. The molecule has 0 atom stereocenters. The van der Waals surface area contributed by atoms with Crippen molar-refractivity contribution in [2.24, 2.45) is 0 Å². The van der Waals surface area contributed by atoms with Crippen LogP contribution < -0.4 is 10.6 Å². The van der Waals surface area contributed by atoms with Crippen molar-refractivity contribution in [3.8, 4) is 0 Å². The maximum Gasteiger partial charge on any atom is 0.303 e. The average molecular weight is 285 g/mol. The molecular formula is C14H27N3O3. The van der Waals surface area contributed by atoms with Crippen molar-refractivity contribution < 1.29 is 14.7 Å². The summed E-state index contributed by atoms with van der Waals surface area (Å²) in [5.41, 5.74) is -0.483. The fourth-order valence-corrected chi connectivity index (χ4v) is 2.36. The van der Waals surface area contributed by atoms with Gasteiger partial charge in [-0.3, -0.25) is 14.5 Å². The van der Waals surface area contributed by atoms with Crippen molar-refractivity contribution >= 4 is 11.9 Å². The van der Waals surface area contributed by atoms with Crippen molar-refractivity contribution in [1.82, 2.24) is 15.5 Å². The molecule has 1 aliphatic heterocycles. The Kier molecular flexibility index (Phi) is 6.95. The number of rotatable bonds is 8. The van der Waals surface area contributed by atoms with Crippen LogP contribution in [-0.4, -0.2) is 60.1 Å². The van der Waals surface area contributed by atoms with Crippen LogP contribution in [0.4, 0.5) is 0 Å². The molecule has 1 heterocycles. The highest BCUT2D eigenvalue weighted by molar-refractivity contribution is 5.85. The molecule has 3 N–H and O–H groups in total. The van der Waals surface area contributed by atoms with Gasteiger partial charge in [0.15, 0.2) is 0 Å². The number of piperazine rings is 1. The van der Waals surface area contributed by atoms with Crippen LogP contribution in [0.5, 0.6) is 0 Å². The standard InChI is InChI=1S/C14H27N3O3/c1-14(2,17-10-8-15-9-11-17)13(20)16-7-5-3-4-6-12(18)19/h15H,3-11H2,1-2H3,(H,16,20)(H,18,19). The number of aliphatic carboxylic acids is 1. The van der Waals surface area contributed by atoms with Gasteiger partial charge < -0.3 is 15.7 Å². The zero-order valence-corrected chi connectivity index (χ0v) is 12.6. The highest BCUT2D eigenvalue weighted by Crippen LogP contribution is 2.15. The molecule has 0 aromatic carbocycles. The van der Waals surface area contributed by atoms with Crippen LogP contribution >= 0.6 is 0 Å². The first-order valence-corrected chi connectivity index (χ1v) is 7.40. The Bertz CT molecular complexity index is 326. The molecule has 6 heteroatoms. The van der Waals surface area contributed by atoms with E-state index in [2.05, 4.69) is 15.5 Å². The fraction of sp³-hybridized carbons (Fsp3) is 0.857. The zero-order chi connectivity index (χ0) is 15.0. The molecule has 1 rings (SSSR count). The third kappa shape index (κ3) is 5.46. The third-order valence-corrected chi connectivity index (χ3v) is 3.82. The van der Waals surface area contributed by atoms with E-state index in [9.17, 15) is 9.59 Å². The Hall–Kier alpha value is -1.14. The smallest absolute Gasteiger partial charge is 0.303 e. The Morgan fingerprint density at radius 3 is 2.45 bits per heavy atom.